The fourth-order valence-electron chi connectivity index (χ4n) is 6.41. The monoisotopic (exact) mass is 514 g/mol. The fourth-order valence-corrected chi connectivity index (χ4v) is 6.41. The number of carboxylic acids is 1. The van der Waals surface area contributed by atoms with Crippen LogP contribution in [0.15, 0.2) is 30.3 Å². The summed E-state index contributed by atoms with van der Waals surface area (Å²) >= 11 is 0. The van der Waals surface area contributed by atoms with Crippen molar-refractivity contribution in [3.63, 3.8) is 0 Å². The van der Waals surface area contributed by atoms with Crippen LogP contribution < -0.4 is 4.74 Å². The van der Waals surface area contributed by atoms with E-state index >= 15 is 0 Å². The van der Waals surface area contributed by atoms with Gasteiger partial charge in [0.2, 0.25) is 0 Å². The van der Waals surface area contributed by atoms with Crippen LogP contribution in [0.3, 0.4) is 0 Å². The Balaban J connectivity index is 1.35. The highest BCUT2D eigenvalue weighted by Gasteiger charge is 2.43. The van der Waals surface area contributed by atoms with Crippen molar-refractivity contribution >= 4 is 22.6 Å². The van der Waals surface area contributed by atoms with Crippen LogP contribution in [0.25, 0.3) is 10.8 Å². The van der Waals surface area contributed by atoms with E-state index in [2.05, 4.69) is 6.07 Å². The Kier molecular flexibility index (Phi) is 6.78. The van der Waals surface area contributed by atoms with Gasteiger partial charge < -0.3 is 14.7 Å². The van der Waals surface area contributed by atoms with E-state index in [1.165, 1.54) is 0 Å². The standard InChI is InChI=1S/C28H29F3N2O4/c29-28(30,31)19-6-8-22(9-7-19)37-25-11-5-16-12-17(4-10-23(16)24(25)15-32)26(34)33-20-2-1-3-21(33)14-18(13-20)27(35)36/h4-5,10-12,18-22H,1-3,6-9,13-14H2,(H,35,36)/t18?,19-,20?,21?,22+. The van der Waals surface area contributed by atoms with Crippen LogP contribution in [0.1, 0.15) is 73.7 Å². The van der Waals surface area contributed by atoms with Crippen molar-refractivity contribution in [1.29, 1.82) is 5.26 Å². The first-order chi connectivity index (χ1) is 17.7. The lowest BCUT2D eigenvalue weighted by atomic mass is 9.78. The van der Waals surface area contributed by atoms with E-state index < -0.39 is 24.0 Å². The molecule has 2 aliphatic heterocycles. The Hall–Kier alpha value is -3.28. The van der Waals surface area contributed by atoms with E-state index in [-0.39, 0.29) is 49.8 Å². The second-order valence-electron chi connectivity index (χ2n) is 10.6. The van der Waals surface area contributed by atoms with Gasteiger partial charge in [-0.15, -0.1) is 0 Å². The third kappa shape index (κ3) is 4.98. The number of hydrogen-bond acceptors (Lipinski definition) is 4. The first-order valence-corrected chi connectivity index (χ1v) is 12.9. The molecule has 3 fully saturated rings. The minimum Gasteiger partial charge on any atom is -0.489 e. The number of carbonyl (C=O) groups excluding carboxylic acids is 1. The van der Waals surface area contributed by atoms with Gasteiger partial charge in [0.1, 0.15) is 17.4 Å². The molecule has 0 radical (unpaired) electrons. The fraction of sp³-hybridized carbons (Fsp3) is 0.536. The maximum Gasteiger partial charge on any atom is 0.391 e. The number of nitrogens with zero attached hydrogens (tertiary/aromatic N) is 2. The molecule has 6 nitrogen and oxygen atoms in total. The zero-order valence-corrected chi connectivity index (χ0v) is 20.3. The number of fused-ring (bicyclic) bond motifs is 3. The molecule has 2 unspecified atom stereocenters. The Morgan fingerprint density at radius 1 is 1.00 bits per heavy atom. The summed E-state index contributed by atoms with van der Waals surface area (Å²) in [5.41, 5.74) is 0.787. The van der Waals surface area contributed by atoms with Crippen molar-refractivity contribution in [1.82, 2.24) is 4.90 Å². The summed E-state index contributed by atoms with van der Waals surface area (Å²) in [6, 6.07) is 10.6. The molecule has 2 heterocycles. The van der Waals surface area contributed by atoms with Crippen molar-refractivity contribution < 1.29 is 32.6 Å². The van der Waals surface area contributed by atoms with E-state index in [0.29, 0.717) is 40.5 Å². The normalized spacial score (nSPS) is 27.9. The lowest BCUT2D eigenvalue weighted by Crippen LogP contribution is -2.55. The minimum absolute atomic E-state index is 0.0147. The number of carboxylic acid groups (broad SMARTS) is 1. The van der Waals surface area contributed by atoms with Crippen LogP contribution in [0.2, 0.25) is 0 Å². The van der Waals surface area contributed by atoms with Crippen LogP contribution in [0, 0.1) is 23.2 Å². The van der Waals surface area contributed by atoms with Crippen molar-refractivity contribution in [3.8, 4) is 11.8 Å². The minimum atomic E-state index is -4.19. The molecule has 5 rings (SSSR count). The highest BCUT2D eigenvalue weighted by molar-refractivity contribution is 6.00. The highest BCUT2D eigenvalue weighted by Crippen LogP contribution is 2.40. The van der Waals surface area contributed by atoms with Gasteiger partial charge in [-0.05, 0) is 81.4 Å². The zero-order valence-electron chi connectivity index (χ0n) is 20.3. The summed E-state index contributed by atoms with van der Waals surface area (Å²) in [5, 5.41) is 20.7. The topological polar surface area (TPSA) is 90.6 Å². The number of aliphatic carboxylic acids is 1. The molecule has 2 saturated heterocycles. The molecule has 1 aliphatic carbocycles. The van der Waals surface area contributed by atoms with Gasteiger partial charge in [0.25, 0.3) is 5.91 Å². The largest absolute Gasteiger partial charge is 0.489 e. The number of nitriles is 1. The van der Waals surface area contributed by atoms with E-state index in [1.54, 1.807) is 30.3 Å². The second-order valence-corrected chi connectivity index (χ2v) is 10.6. The maximum atomic E-state index is 13.5. The van der Waals surface area contributed by atoms with Gasteiger partial charge in [-0.2, -0.15) is 18.4 Å². The van der Waals surface area contributed by atoms with Gasteiger partial charge in [0.05, 0.1) is 17.9 Å². The number of benzene rings is 2. The van der Waals surface area contributed by atoms with Crippen molar-refractivity contribution in [2.75, 3.05) is 0 Å². The molecule has 9 heteroatoms. The smallest absolute Gasteiger partial charge is 0.391 e. The number of piperidine rings is 2. The number of carbonyl (C=O) groups is 2. The van der Waals surface area contributed by atoms with Gasteiger partial charge in [-0.3, -0.25) is 9.59 Å². The maximum absolute atomic E-state index is 13.5. The van der Waals surface area contributed by atoms with Gasteiger partial charge in [0.15, 0.2) is 0 Å². The molecule has 196 valence electrons. The summed E-state index contributed by atoms with van der Waals surface area (Å²) in [5.74, 6) is -2.30. The predicted molar refractivity (Wildman–Crippen MR) is 129 cm³/mol. The van der Waals surface area contributed by atoms with E-state index in [4.69, 9.17) is 4.74 Å². The van der Waals surface area contributed by atoms with Crippen LogP contribution >= 0.6 is 0 Å². The van der Waals surface area contributed by atoms with Gasteiger partial charge in [-0.1, -0.05) is 12.1 Å². The highest BCUT2D eigenvalue weighted by atomic mass is 19.4. The Morgan fingerprint density at radius 2 is 1.68 bits per heavy atom. The molecular weight excluding hydrogens is 485 g/mol. The van der Waals surface area contributed by atoms with Crippen molar-refractivity contribution in [2.45, 2.75) is 82.2 Å². The number of alkyl halides is 3. The van der Waals surface area contributed by atoms with E-state index in [1.807, 2.05) is 4.90 Å². The SMILES string of the molecule is N#Cc1c(O[C@H]2CC[C@@H](C(F)(F)F)CC2)ccc2cc(C(=O)N3C4CCCC3CC(C(=O)O)C4)ccc12. The third-order valence-corrected chi connectivity index (χ3v) is 8.33. The molecule has 0 aromatic heterocycles. The number of halogens is 3. The Bertz CT molecular complexity index is 1230. The van der Waals surface area contributed by atoms with Gasteiger partial charge in [0, 0.05) is 23.0 Å². The summed E-state index contributed by atoms with van der Waals surface area (Å²) < 4.78 is 44.9. The number of hydrogen-bond donors (Lipinski definition) is 1. The lowest BCUT2D eigenvalue weighted by Gasteiger charge is -2.48. The van der Waals surface area contributed by atoms with Crippen LogP contribution in [-0.4, -0.2) is 46.2 Å². The number of amides is 1. The molecule has 2 atom stereocenters. The molecule has 2 aromatic carbocycles. The molecule has 0 spiro atoms. The van der Waals surface area contributed by atoms with Gasteiger partial charge >= 0.3 is 12.1 Å². The first-order valence-electron chi connectivity index (χ1n) is 12.9. The Labute approximate surface area is 213 Å². The lowest BCUT2D eigenvalue weighted by molar-refractivity contribution is -0.185. The average molecular weight is 515 g/mol. The molecule has 2 bridgehead atoms. The third-order valence-electron chi connectivity index (χ3n) is 8.33. The summed E-state index contributed by atoms with van der Waals surface area (Å²) in [6.07, 6.45) is -0.471. The second kappa shape index (κ2) is 9.88. The first kappa shape index (κ1) is 25.4. The van der Waals surface area contributed by atoms with E-state index in [9.17, 15) is 33.1 Å². The average Bonchev–Trinajstić information content (AvgIpc) is 2.86. The molecule has 2 aromatic rings. The molecule has 3 aliphatic rings. The quantitative estimate of drug-likeness (QED) is 0.535. The number of ether oxygens (including phenoxy) is 1. The van der Waals surface area contributed by atoms with Crippen LogP contribution in [0.5, 0.6) is 5.75 Å². The zero-order chi connectivity index (χ0) is 26.3. The Morgan fingerprint density at radius 3 is 2.27 bits per heavy atom. The molecular formula is C28H29F3N2O4. The summed E-state index contributed by atoms with van der Waals surface area (Å²) in [4.78, 5) is 26.9. The van der Waals surface area contributed by atoms with Crippen molar-refractivity contribution in [3.05, 3.63) is 41.5 Å². The number of rotatable bonds is 4. The molecule has 1 N–H and O–H groups in total. The van der Waals surface area contributed by atoms with Crippen molar-refractivity contribution in [2.24, 2.45) is 11.8 Å². The van der Waals surface area contributed by atoms with Crippen LogP contribution in [-0.2, 0) is 4.79 Å². The van der Waals surface area contributed by atoms with Crippen LogP contribution in [0.4, 0.5) is 13.2 Å². The summed E-state index contributed by atoms with van der Waals surface area (Å²) in [7, 11) is 0. The van der Waals surface area contributed by atoms with Gasteiger partial charge in [-0.25, -0.2) is 0 Å². The molecule has 37 heavy (non-hydrogen) atoms. The molecule has 1 amide bonds. The molecule has 1 saturated carbocycles. The predicted octanol–water partition coefficient (Wildman–Crippen LogP) is 6.07. The van der Waals surface area contributed by atoms with E-state index in [0.717, 1.165) is 19.3 Å². The summed E-state index contributed by atoms with van der Waals surface area (Å²) in [6.45, 7) is 0.